The van der Waals surface area contributed by atoms with Crippen LogP contribution in [0.2, 0.25) is 0 Å². The molecule has 25 heavy (non-hydrogen) atoms. The largest absolute Gasteiger partial charge is 0.497 e. The molecule has 0 radical (unpaired) electrons. The molecule has 6 nitrogen and oxygen atoms in total. The molecule has 2 aromatic rings. The molecular weight excluding hydrogens is 322 g/mol. The monoisotopic (exact) mass is 345 g/mol. The van der Waals surface area contributed by atoms with Crippen LogP contribution in [0.3, 0.4) is 0 Å². The molecular formula is C19H23NO5. The molecule has 0 aliphatic rings. The molecule has 1 amide bonds. The average molecular weight is 345 g/mol. The Morgan fingerprint density at radius 3 is 1.96 bits per heavy atom. The van der Waals surface area contributed by atoms with Crippen molar-refractivity contribution in [3.05, 3.63) is 48.0 Å². The lowest BCUT2D eigenvalue weighted by atomic mass is 10.1. The molecule has 0 unspecified atom stereocenters. The average Bonchev–Trinajstić information content (AvgIpc) is 2.66. The van der Waals surface area contributed by atoms with E-state index in [0.29, 0.717) is 23.8 Å². The number of carbonyl (C=O) groups excluding carboxylic acids is 1. The predicted molar refractivity (Wildman–Crippen MR) is 94.7 cm³/mol. The van der Waals surface area contributed by atoms with Gasteiger partial charge in [0.1, 0.15) is 23.0 Å². The number of nitrogens with one attached hydrogen (secondary N) is 1. The summed E-state index contributed by atoms with van der Waals surface area (Å²) in [6.45, 7) is 0.467. The van der Waals surface area contributed by atoms with Gasteiger partial charge >= 0.3 is 0 Å². The van der Waals surface area contributed by atoms with Gasteiger partial charge in [-0.3, -0.25) is 4.79 Å². The zero-order valence-corrected chi connectivity index (χ0v) is 14.7. The zero-order chi connectivity index (χ0) is 18.1. The van der Waals surface area contributed by atoms with Crippen molar-refractivity contribution in [1.82, 2.24) is 5.32 Å². The van der Waals surface area contributed by atoms with Gasteiger partial charge in [0.2, 0.25) is 0 Å². The summed E-state index contributed by atoms with van der Waals surface area (Å²) < 4.78 is 20.9. The van der Waals surface area contributed by atoms with Crippen LogP contribution >= 0.6 is 0 Å². The lowest BCUT2D eigenvalue weighted by Gasteiger charge is -2.10. The second-order valence-corrected chi connectivity index (χ2v) is 5.29. The van der Waals surface area contributed by atoms with E-state index in [9.17, 15) is 4.79 Å². The molecule has 2 rings (SSSR count). The lowest BCUT2D eigenvalue weighted by Crippen LogP contribution is -2.30. The second-order valence-electron chi connectivity index (χ2n) is 5.29. The fraction of sp³-hybridized carbons (Fsp3) is 0.316. The SMILES string of the molecule is COc1ccc(CCNC(=O)COc2cc(OC)cc(OC)c2)cc1. The first kappa shape index (κ1) is 18.4. The number of hydrogen-bond acceptors (Lipinski definition) is 5. The summed E-state index contributed by atoms with van der Waals surface area (Å²) in [4.78, 5) is 11.9. The normalized spacial score (nSPS) is 10.0. The van der Waals surface area contributed by atoms with E-state index < -0.39 is 0 Å². The van der Waals surface area contributed by atoms with Gasteiger partial charge in [0, 0.05) is 24.7 Å². The van der Waals surface area contributed by atoms with Crippen LogP contribution in [0, 0.1) is 0 Å². The highest BCUT2D eigenvalue weighted by Gasteiger charge is 2.06. The number of rotatable bonds is 9. The fourth-order valence-corrected chi connectivity index (χ4v) is 2.20. The minimum Gasteiger partial charge on any atom is -0.497 e. The van der Waals surface area contributed by atoms with Crippen molar-refractivity contribution in [2.75, 3.05) is 34.5 Å². The first-order valence-electron chi connectivity index (χ1n) is 7.90. The van der Waals surface area contributed by atoms with Gasteiger partial charge in [-0.2, -0.15) is 0 Å². The Kier molecular flexibility index (Phi) is 6.95. The molecule has 2 aromatic carbocycles. The molecule has 0 atom stereocenters. The van der Waals surface area contributed by atoms with Crippen LogP contribution in [0.15, 0.2) is 42.5 Å². The van der Waals surface area contributed by atoms with Gasteiger partial charge in [-0.1, -0.05) is 12.1 Å². The van der Waals surface area contributed by atoms with Crippen molar-refractivity contribution in [1.29, 1.82) is 0 Å². The number of benzene rings is 2. The fourth-order valence-electron chi connectivity index (χ4n) is 2.20. The molecule has 0 aliphatic carbocycles. The highest BCUT2D eigenvalue weighted by Crippen LogP contribution is 2.27. The molecule has 0 heterocycles. The number of amides is 1. The first-order valence-corrected chi connectivity index (χ1v) is 7.90. The Morgan fingerprint density at radius 1 is 0.840 bits per heavy atom. The Labute approximate surface area is 147 Å². The van der Waals surface area contributed by atoms with Crippen LogP contribution < -0.4 is 24.3 Å². The number of ether oxygens (including phenoxy) is 4. The van der Waals surface area contributed by atoms with Crippen molar-refractivity contribution in [3.63, 3.8) is 0 Å². The summed E-state index contributed by atoms with van der Waals surface area (Å²) in [7, 11) is 4.75. The van der Waals surface area contributed by atoms with Crippen molar-refractivity contribution < 1.29 is 23.7 Å². The molecule has 6 heteroatoms. The van der Waals surface area contributed by atoms with Gasteiger partial charge in [0.05, 0.1) is 21.3 Å². The third-order valence-electron chi connectivity index (χ3n) is 3.59. The topological polar surface area (TPSA) is 66.0 Å². The van der Waals surface area contributed by atoms with Crippen molar-refractivity contribution in [2.24, 2.45) is 0 Å². The maximum Gasteiger partial charge on any atom is 0.257 e. The van der Waals surface area contributed by atoms with E-state index in [1.54, 1.807) is 39.5 Å². The van der Waals surface area contributed by atoms with Gasteiger partial charge in [0.25, 0.3) is 5.91 Å². The van der Waals surface area contributed by atoms with Crippen LogP contribution in [-0.2, 0) is 11.2 Å². The highest BCUT2D eigenvalue weighted by atomic mass is 16.5. The van der Waals surface area contributed by atoms with Gasteiger partial charge in [-0.25, -0.2) is 0 Å². The summed E-state index contributed by atoms with van der Waals surface area (Å²) in [6, 6.07) is 12.9. The summed E-state index contributed by atoms with van der Waals surface area (Å²) in [6.07, 6.45) is 0.739. The van der Waals surface area contributed by atoms with E-state index in [4.69, 9.17) is 18.9 Å². The second kappa shape index (κ2) is 9.42. The maximum absolute atomic E-state index is 11.9. The maximum atomic E-state index is 11.9. The van der Waals surface area contributed by atoms with E-state index in [1.807, 2.05) is 24.3 Å². The summed E-state index contributed by atoms with van der Waals surface area (Å²) in [5, 5.41) is 2.83. The van der Waals surface area contributed by atoms with E-state index in [2.05, 4.69) is 5.32 Å². The van der Waals surface area contributed by atoms with Crippen LogP contribution in [0.4, 0.5) is 0 Å². The summed E-state index contributed by atoms with van der Waals surface area (Å²) in [5.74, 6) is 2.36. The molecule has 0 bridgehead atoms. The molecule has 0 saturated carbocycles. The highest BCUT2D eigenvalue weighted by molar-refractivity contribution is 5.77. The Morgan fingerprint density at radius 2 is 1.40 bits per heavy atom. The third-order valence-corrected chi connectivity index (χ3v) is 3.59. The standard InChI is InChI=1S/C19H23NO5/c1-22-15-6-4-14(5-7-15)8-9-20-19(21)13-25-18-11-16(23-2)10-17(12-18)24-3/h4-7,10-12H,8-9,13H2,1-3H3,(H,20,21). The molecule has 0 aromatic heterocycles. The van der Waals surface area contributed by atoms with Crippen LogP contribution in [-0.4, -0.2) is 40.4 Å². The predicted octanol–water partition coefficient (Wildman–Crippen LogP) is 2.45. The molecule has 134 valence electrons. The Bertz CT molecular complexity index is 662. The van der Waals surface area contributed by atoms with Gasteiger partial charge in [-0.05, 0) is 24.1 Å². The third kappa shape index (κ3) is 5.91. The van der Waals surface area contributed by atoms with E-state index in [0.717, 1.165) is 17.7 Å². The van der Waals surface area contributed by atoms with Crippen LogP contribution in [0.25, 0.3) is 0 Å². The Balaban J connectivity index is 1.76. The quantitative estimate of drug-likeness (QED) is 0.756. The molecule has 1 N–H and O–H groups in total. The molecule has 0 saturated heterocycles. The number of carbonyl (C=O) groups is 1. The molecule has 0 spiro atoms. The summed E-state index contributed by atoms with van der Waals surface area (Å²) >= 11 is 0. The number of methoxy groups -OCH3 is 3. The zero-order valence-electron chi connectivity index (χ0n) is 14.7. The van der Waals surface area contributed by atoms with E-state index in [-0.39, 0.29) is 12.5 Å². The van der Waals surface area contributed by atoms with Crippen LogP contribution in [0.5, 0.6) is 23.0 Å². The van der Waals surface area contributed by atoms with E-state index in [1.165, 1.54) is 0 Å². The summed E-state index contributed by atoms with van der Waals surface area (Å²) in [5.41, 5.74) is 1.12. The minimum atomic E-state index is -0.185. The van der Waals surface area contributed by atoms with Crippen molar-refractivity contribution in [2.45, 2.75) is 6.42 Å². The number of hydrogen-bond donors (Lipinski definition) is 1. The molecule has 0 aliphatic heterocycles. The van der Waals surface area contributed by atoms with E-state index >= 15 is 0 Å². The first-order chi connectivity index (χ1) is 12.1. The van der Waals surface area contributed by atoms with Gasteiger partial charge < -0.3 is 24.3 Å². The van der Waals surface area contributed by atoms with Crippen LogP contribution in [0.1, 0.15) is 5.56 Å². The van der Waals surface area contributed by atoms with Gasteiger partial charge in [-0.15, -0.1) is 0 Å². The molecule has 0 fully saturated rings. The van der Waals surface area contributed by atoms with Crippen molar-refractivity contribution >= 4 is 5.91 Å². The Hall–Kier alpha value is -2.89. The lowest BCUT2D eigenvalue weighted by molar-refractivity contribution is -0.123. The van der Waals surface area contributed by atoms with Crippen molar-refractivity contribution in [3.8, 4) is 23.0 Å². The van der Waals surface area contributed by atoms with Gasteiger partial charge in [0.15, 0.2) is 6.61 Å². The minimum absolute atomic E-state index is 0.0705. The smallest absolute Gasteiger partial charge is 0.257 e.